The Morgan fingerprint density at radius 1 is 1.59 bits per heavy atom. The highest BCUT2D eigenvalue weighted by Crippen LogP contribution is 2.32. The van der Waals surface area contributed by atoms with Crippen LogP contribution in [0, 0.1) is 17.2 Å². The maximum atomic E-state index is 9.15. The molecule has 0 atom stereocenters. The zero-order chi connectivity index (χ0) is 12.4. The van der Waals surface area contributed by atoms with Crippen LogP contribution in [0.1, 0.15) is 32.3 Å². The number of nitrogen functional groups attached to an aromatic ring is 1. The summed E-state index contributed by atoms with van der Waals surface area (Å²) in [6.45, 7) is 5.24. The highest BCUT2D eigenvalue weighted by Gasteiger charge is 2.27. The van der Waals surface area contributed by atoms with Crippen LogP contribution in [0.4, 0.5) is 11.5 Å². The molecule has 4 nitrogen and oxygen atoms in total. The summed E-state index contributed by atoms with van der Waals surface area (Å²) in [5.41, 5.74) is 6.77. The molecule has 90 valence electrons. The molecule has 4 heteroatoms. The molecule has 1 saturated carbocycles. The maximum absolute atomic E-state index is 9.15. The van der Waals surface area contributed by atoms with E-state index < -0.39 is 0 Å². The van der Waals surface area contributed by atoms with E-state index in [2.05, 4.69) is 29.8 Å². The highest BCUT2D eigenvalue weighted by atomic mass is 15.2. The fourth-order valence-corrected chi connectivity index (χ4v) is 1.91. The van der Waals surface area contributed by atoms with Gasteiger partial charge in [-0.25, -0.2) is 4.98 Å². The molecule has 2 rings (SSSR count). The molecule has 1 aliphatic carbocycles. The molecule has 0 bridgehead atoms. The topological polar surface area (TPSA) is 65.9 Å². The minimum Gasteiger partial charge on any atom is -0.397 e. The van der Waals surface area contributed by atoms with Gasteiger partial charge in [0.15, 0.2) is 0 Å². The van der Waals surface area contributed by atoms with Crippen LogP contribution in [0.15, 0.2) is 12.3 Å². The summed E-state index contributed by atoms with van der Waals surface area (Å²) in [5, 5.41) is 9.15. The normalized spacial score (nSPS) is 14.7. The molecule has 0 spiro atoms. The quantitative estimate of drug-likeness (QED) is 0.860. The van der Waals surface area contributed by atoms with Gasteiger partial charge in [0.1, 0.15) is 11.9 Å². The van der Waals surface area contributed by atoms with Crippen molar-refractivity contribution in [1.29, 1.82) is 5.26 Å². The van der Waals surface area contributed by atoms with Gasteiger partial charge in [-0.15, -0.1) is 0 Å². The lowest BCUT2D eigenvalue weighted by Gasteiger charge is -2.28. The molecule has 17 heavy (non-hydrogen) atoms. The number of pyridine rings is 1. The summed E-state index contributed by atoms with van der Waals surface area (Å²) in [6, 6.07) is 4.23. The molecule has 1 fully saturated rings. The Kier molecular flexibility index (Phi) is 3.19. The first-order valence-electron chi connectivity index (χ1n) is 6.04. The van der Waals surface area contributed by atoms with E-state index in [0.717, 1.165) is 18.3 Å². The van der Waals surface area contributed by atoms with Gasteiger partial charge in [-0.05, 0) is 38.7 Å². The SMILES string of the molecule is CC(C)N(CC1CC1)c1ncc(N)cc1C#N. The lowest BCUT2D eigenvalue weighted by Crippen LogP contribution is -2.34. The fraction of sp³-hybridized carbons (Fsp3) is 0.538. The zero-order valence-electron chi connectivity index (χ0n) is 10.3. The number of hydrogen-bond donors (Lipinski definition) is 1. The molecule has 0 aliphatic heterocycles. The number of aromatic nitrogens is 1. The smallest absolute Gasteiger partial charge is 0.146 e. The Hall–Kier alpha value is -1.76. The third-order valence-electron chi connectivity index (χ3n) is 3.06. The standard InChI is InChI=1S/C13H18N4/c1-9(2)17(8-10-3-4-10)13-11(6-14)5-12(15)7-16-13/h5,7,9-10H,3-4,8,15H2,1-2H3. The van der Waals surface area contributed by atoms with Crippen molar-refractivity contribution in [2.45, 2.75) is 32.7 Å². The Morgan fingerprint density at radius 3 is 2.82 bits per heavy atom. The van der Waals surface area contributed by atoms with Crippen molar-refractivity contribution in [2.24, 2.45) is 5.92 Å². The van der Waals surface area contributed by atoms with E-state index >= 15 is 0 Å². The summed E-state index contributed by atoms with van der Waals surface area (Å²) in [6.07, 6.45) is 4.21. The molecule has 0 aromatic carbocycles. The average molecular weight is 230 g/mol. The molecule has 0 unspecified atom stereocenters. The molecular formula is C13H18N4. The molecule has 1 aliphatic rings. The maximum Gasteiger partial charge on any atom is 0.146 e. The van der Waals surface area contributed by atoms with Crippen LogP contribution in [0.5, 0.6) is 0 Å². The van der Waals surface area contributed by atoms with Gasteiger partial charge in [-0.1, -0.05) is 0 Å². The first-order valence-corrected chi connectivity index (χ1v) is 6.04. The van der Waals surface area contributed by atoms with Gasteiger partial charge in [0.05, 0.1) is 17.4 Å². The number of nitrogens with zero attached hydrogens (tertiary/aromatic N) is 3. The Morgan fingerprint density at radius 2 is 2.29 bits per heavy atom. The Labute approximate surface area is 102 Å². The van der Waals surface area contributed by atoms with Crippen LogP contribution in [-0.4, -0.2) is 17.6 Å². The van der Waals surface area contributed by atoms with E-state index in [0.29, 0.717) is 17.3 Å². The summed E-state index contributed by atoms with van der Waals surface area (Å²) >= 11 is 0. The second kappa shape index (κ2) is 4.62. The largest absolute Gasteiger partial charge is 0.397 e. The van der Waals surface area contributed by atoms with Gasteiger partial charge in [-0.2, -0.15) is 5.26 Å². The lowest BCUT2D eigenvalue weighted by molar-refractivity contribution is 0.636. The molecule has 0 amide bonds. The van der Waals surface area contributed by atoms with Gasteiger partial charge >= 0.3 is 0 Å². The van der Waals surface area contributed by atoms with Gasteiger partial charge in [-0.3, -0.25) is 0 Å². The van der Waals surface area contributed by atoms with Crippen molar-refractivity contribution in [3.8, 4) is 6.07 Å². The second-order valence-corrected chi connectivity index (χ2v) is 4.94. The van der Waals surface area contributed by atoms with Crippen LogP contribution < -0.4 is 10.6 Å². The first kappa shape index (κ1) is 11.7. The fourth-order valence-electron chi connectivity index (χ4n) is 1.91. The zero-order valence-corrected chi connectivity index (χ0v) is 10.3. The lowest BCUT2D eigenvalue weighted by atomic mass is 10.2. The van der Waals surface area contributed by atoms with Crippen LogP contribution in [0.25, 0.3) is 0 Å². The van der Waals surface area contributed by atoms with Crippen molar-refractivity contribution in [3.63, 3.8) is 0 Å². The average Bonchev–Trinajstić information content (AvgIpc) is 3.09. The third kappa shape index (κ3) is 2.68. The van der Waals surface area contributed by atoms with Gasteiger partial charge in [0.2, 0.25) is 0 Å². The Balaban J connectivity index is 2.31. The van der Waals surface area contributed by atoms with Crippen LogP contribution in [0.3, 0.4) is 0 Å². The minimum atomic E-state index is 0.346. The van der Waals surface area contributed by atoms with E-state index in [1.165, 1.54) is 12.8 Å². The van der Waals surface area contributed by atoms with Crippen molar-refractivity contribution >= 4 is 11.5 Å². The molecule has 0 radical (unpaired) electrons. The van der Waals surface area contributed by atoms with Crippen molar-refractivity contribution in [1.82, 2.24) is 4.98 Å². The molecular weight excluding hydrogens is 212 g/mol. The van der Waals surface area contributed by atoms with Crippen LogP contribution in [-0.2, 0) is 0 Å². The number of rotatable bonds is 4. The van der Waals surface area contributed by atoms with Gasteiger partial charge in [0.25, 0.3) is 0 Å². The number of hydrogen-bond acceptors (Lipinski definition) is 4. The van der Waals surface area contributed by atoms with E-state index in [1.807, 2.05) is 0 Å². The number of anilines is 2. The monoisotopic (exact) mass is 230 g/mol. The van der Waals surface area contributed by atoms with Crippen molar-refractivity contribution in [2.75, 3.05) is 17.2 Å². The van der Waals surface area contributed by atoms with Crippen molar-refractivity contribution < 1.29 is 0 Å². The van der Waals surface area contributed by atoms with Crippen LogP contribution >= 0.6 is 0 Å². The summed E-state index contributed by atoms with van der Waals surface area (Å²) in [4.78, 5) is 6.53. The number of nitriles is 1. The molecule has 1 heterocycles. The predicted molar refractivity (Wildman–Crippen MR) is 68.6 cm³/mol. The van der Waals surface area contributed by atoms with Gasteiger partial charge < -0.3 is 10.6 Å². The van der Waals surface area contributed by atoms with Gasteiger partial charge in [0, 0.05) is 12.6 Å². The second-order valence-electron chi connectivity index (χ2n) is 4.94. The van der Waals surface area contributed by atoms with E-state index in [-0.39, 0.29) is 0 Å². The van der Waals surface area contributed by atoms with E-state index in [1.54, 1.807) is 12.3 Å². The summed E-state index contributed by atoms with van der Waals surface area (Å²) in [5.74, 6) is 1.53. The first-order chi connectivity index (χ1) is 8.11. The van der Waals surface area contributed by atoms with E-state index in [9.17, 15) is 0 Å². The summed E-state index contributed by atoms with van der Waals surface area (Å²) < 4.78 is 0. The Bertz CT molecular complexity index is 443. The predicted octanol–water partition coefficient (Wildman–Crippen LogP) is 2.16. The summed E-state index contributed by atoms with van der Waals surface area (Å²) in [7, 11) is 0. The minimum absolute atomic E-state index is 0.346. The molecule has 0 saturated heterocycles. The number of nitrogens with two attached hydrogens (primary N) is 1. The van der Waals surface area contributed by atoms with Crippen LogP contribution in [0.2, 0.25) is 0 Å². The van der Waals surface area contributed by atoms with E-state index in [4.69, 9.17) is 11.0 Å². The molecule has 2 N–H and O–H groups in total. The highest BCUT2D eigenvalue weighted by molar-refractivity contribution is 5.59. The third-order valence-corrected chi connectivity index (χ3v) is 3.06. The molecule has 1 aromatic rings. The molecule has 1 aromatic heterocycles. The van der Waals surface area contributed by atoms with Crippen molar-refractivity contribution in [3.05, 3.63) is 17.8 Å².